The number of benzene rings is 1. The summed E-state index contributed by atoms with van der Waals surface area (Å²) in [5.41, 5.74) is 1.85. The highest BCUT2D eigenvalue weighted by molar-refractivity contribution is 5.95. The molecule has 0 aliphatic heterocycles. The van der Waals surface area contributed by atoms with Crippen molar-refractivity contribution in [3.05, 3.63) is 35.4 Å². The third-order valence-electron chi connectivity index (χ3n) is 3.94. The summed E-state index contributed by atoms with van der Waals surface area (Å²) in [6.45, 7) is 2.79. The van der Waals surface area contributed by atoms with E-state index in [-0.39, 0.29) is 5.91 Å². The molecule has 2 heteroatoms. The van der Waals surface area contributed by atoms with E-state index in [4.69, 9.17) is 0 Å². The summed E-state index contributed by atoms with van der Waals surface area (Å²) in [6, 6.07) is 7.75. The third-order valence-corrected chi connectivity index (χ3v) is 3.94. The van der Waals surface area contributed by atoms with Gasteiger partial charge in [-0.15, -0.1) is 0 Å². The van der Waals surface area contributed by atoms with E-state index >= 15 is 0 Å². The van der Waals surface area contributed by atoms with Crippen LogP contribution in [0.25, 0.3) is 0 Å². The first-order chi connectivity index (χ1) is 8.77. The Morgan fingerprint density at radius 1 is 1.28 bits per heavy atom. The van der Waals surface area contributed by atoms with Gasteiger partial charge in [0.1, 0.15) is 0 Å². The molecule has 18 heavy (non-hydrogen) atoms. The first kappa shape index (κ1) is 13.1. The normalized spacial score (nSPS) is 15.8. The van der Waals surface area contributed by atoms with Gasteiger partial charge in [0.25, 0.3) is 5.91 Å². The minimum absolute atomic E-state index is 0.0690. The second-order valence-corrected chi connectivity index (χ2v) is 5.36. The van der Waals surface area contributed by atoms with Crippen molar-refractivity contribution < 1.29 is 4.79 Å². The third kappa shape index (κ3) is 3.59. The highest BCUT2D eigenvalue weighted by Crippen LogP contribution is 2.28. The van der Waals surface area contributed by atoms with Crippen molar-refractivity contribution in [3.8, 4) is 0 Å². The zero-order chi connectivity index (χ0) is 12.8. The zero-order valence-electron chi connectivity index (χ0n) is 11.2. The van der Waals surface area contributed by atoms with Crippen LogP contribution in [-0.4, -0.2) is 12.5 Å². The second kappa shape index (κ2) is 6.58. The lowest BCUT2D eigenvalue weighted by molar-refractivity contribution is 0.0952. The number of amides is 1. The van der Waals surface area contributed by atoms with E-state index in [2.05, 4.69) is 5.32 Å². The minimum atomic E-state index is 0.0690. The van der Waals surface area contributed by atoms with Crippen molar-refractivity contribution in [3.63, 3.8) is 0 Å². The minimum Gasteiger partial charge on any atom is -0.352 e. The van der Waals surface area contributed by atoms with Crippen molar-refractivity contribution in [2.75, 3.05) is 6.54 Å². The van der Waals surface area contributed by atoms with Crippen LogP contribution in [0.15, 0.2) is 24.3 Å². The van der Waals surface area contributed by atoms with Gasteiger partial charge in [0.15, 0.2) is 0 Å². The number of carbonyl (C=O) groups is 1. The quantitative estimate of drug-likeness (QED) is 0.787. The smallest absolute Gasteiger partial charge is 0.251 e. The Balaban J connectivity index is 1.70. The molecule has 1 N–H and O–H groups in total. The molecule has 98 valence electrons. The molecule has 0 radical (unpaired) electrons. The number of aryl methyl sites for hydroxylation is 1. The summed E-state index contributed by atoms with van der Waals surface area (Å²) in [7, 11) is 0. The Bertz CT molecular complexity index is 394. The van der Waals surface area contributed by atoms with Gasteiger partial charge in [-0.1, -0.05) is 43.9 Å². The molecule has 0 saturated heterocycles. The lowest BCUT2D eigenvalue weighted by Crippen LogP contribution is -2.25. The molecule has 0 aromatic heterocycles. The number of carbonyl (C=O) groups excluding carboxylic acids is 1. The molecule has 2 rings (SSSR count). The van der Waals surface area contributed by atoms with Crippen LogP contribution >= 0.6 is 0 Å². The van der Waals surface area contributed by atoms with Crippen molar-refractivity contribution in [2.45, 2.75) is 45.4 Å². The molecule has 1 aromatic rings. The lowest BCUT2D eigenvalue weighted by Gasteiger charge is -2.10. The monoisotopic (exact) mass is 245 g/mol. The predicted octanol–water partition coefficient (Wildman–Crippen LogP) is 3.70. The molecule has 0 unspecified atom stereocenters. The molecule has 1 amide bonds. The van der Waals surface area contributed by atoms with Gasteiger partial charge < -0.3 is 5.32 Å². The summed E-state index contributed by atoms with van der Waals surface area (Å²) >= 11 is 0. The summed E-state index contributed by atoms with van der Waals surface area (Å²) in [5.74, 6) is 0.986. The molecular formula is C16H23NO. The molecule has 1 aliphatic carbocycles. The van der Waals surface area contributed by atoms with E-state index in [1.54, 1.807) is 0 Å². The number of rotatable bonds is 5. The van der Waals surface area contributed by atoms with E-state index in [1.165, 1.54) is 32.1 Å². The fraction of sp³-hybridized carbons (Fsp3) is 0.562. The van der Waals surface area contributed by atoms with Crippen LogP contribution < -0.4 is 5.32 Å². The molecule has 1 fully saturated rings. The molecular weight excluding hydrogens is 222 g/mol. The maximum atomic E-state index is 12.0. The second-order valence-electron chi connectivity index (χ2n) is 5.36. The standard InChI is InChI=1S/C16H23NO/c1-13-7-2-5-11-15(13)16(18)17-12-6-10-14-8-3-4-9-14/h2,5,7,11,14H,3-4,6,8-10,12H2,1H3,(H,17,18). The predicted molar refractivity (Wildman–Crippen MR) is 74.7 cm³/mol. The van der Waals surface area contributed by atoms with Crippen LogP contribution in [0.3, 0.4) is 0 Å². The van der Waals surface area contributed by atoms with Gasteiger partial charge in [0.2, 0.25) is 0 Å². The Kier molecular flexibility index (Phi) is 4.80. The topological polar surface area (TPSA) is 29.1 Å². The largest absolute Gasteiger partial charge is 0.352 e. The van der Waals surface area contributed by atoms with Gasteiger partial charge in [-0.05, 0) is 37.3 Å². The van der Waals surface area contributed by atoms with Gasteiger partial charge in [0.05, 0.1) is 0 Å². The first-order valence-electron chi connectivity index (χ1n) is 7.11. The molecule has 0 bridgehead atoms. The number of hydrogen-bond donors (Lipinski definition) is 1. The summed E-state index contributed by atoms with van der Waals surface area (Å²) < 4.78 is 0. The average molecular weight is 245 g/mol. The average Bonchev–Trinajstić information content (AvgIpc) is 2.88. The van der Waals surface area contributed by atoms with E-state index in [1.807, 2.05) is 31.2 Å². The lowest BCUT2D eigenvalue weighted by atomic mass is 10.0. The molecule has 1 aromatic carbocycles. The molecule has 2 nitrogen and oxygen atoms in total. The van der Waals surface area contributed by atoms with E-state index in [9.17, 15) is 4.79 Å². The van der Waals surface area contributed by atoms with Crippen LogP contribution in [0.4, 0.5) is 0 Å². The van der Waals surface area contributed by atoms with Gasteiger partial charge in [-0.3, -0.25) is 4.79 Å². The van der Waals surface area contributed by atoms with Gasteiger partial charge in [-0.2, -0.15) is 0 Å². The number of nitrogens with one attached hydrogen (secondary N) is 1. The van der Waals surface area contributed by atoms with Crippen LogP contribution in [0, 0.1) is 12.8 Å². The van der Waals surface area contributed by atoms with Crippen molar-refractivity contribution in [2.24, 2.45) is 5.92 Å². The Morgan fingerprint density at radius 2 is 2.00 bits per heavy atom. The van der Waals surface area contributed by atoms with E-state index in [0.717, 1.165) is 30.0 Å². The van der Waals surface area contributed by atoms with Crippen molar-refractivity contribution >= 4 is 5.91 Å². The summed E-state index contributed by atoms with van der Waals surface area (Å²) in [5, 5.41) is 3.02. The first-order valence-corrected chi connectivity index (χ1v) is 7.11. The number of hydrogen-bond acceptors (Lipinski definition) is 1. The molecule has 1 saturated carbocycles. The van der Waals surface area contributed by atoms with E-state index < -0.39 is 0 Å². The summed E-state index contributed by atoms with van der Waals surface area (Å²) in [6.07, 6.45) is 7.98. The van der Waals surface area contributed by atoms with Crippen molar-refractivity contribution in [1.29, 1.82) is 0 Å². The Morgan fingerprint density at radius 3 is 2.72 bits per heavy atom. The zero-order valence-corrected chi connectivity index (χ0v) is 11.2. The van der Waals surface area contributed by atoms with Crippen LogP contribution in [0.1, 0.15) is 54.4 Å². The van der Waals surface area contributed by atoms with Crippen LogP contribution in [0.5, 0.6) is 0 Å². The SMILES string of the molecule is Cc1ccccc1C(=O)NCCCC1CCCC1. The van der Waals surface area contributed by atoms with E-state index in [0.29, 0.717) is 0 Å². The highest BCUT2D eigenvalue weighted by atomic mass is 16.1. The van der Waals surface area contributed by atoms with Gasteiger partial charge in [0, 0.05) is 12.1 Å². The molecule has 0 heterocycles. The maximum absolute atomic E-state index is 12.0. The molecule has 0 spiro atoms. The molecule has 1 aliphatic rings. The highest BCUT2D eigenvalue weighted by Gasteiger charge is 2.14. The maximum Gasteiger partial charge on any atom is 0.251 e. The Labute approximate surface area is 110 Å². The van der Waals surface area contributed by atoms with Crippen LogP contribution in [0.2, 0.25) is 0 Å². The molecule has 0 atom stereocenters. The van der Waals surface area contributed by atoms with Gasteiger partial charge in [-0.25, -0.2) is 0 Å². The summed E-state index contributed by atoms with van der Waals surface area (Å²) in [4.78, 5) is 12.0. The van der Waals surface area contributed by atoms with Gasteiger partial charge >= 0.3 is 0 Å². The fourth-order valence-electron chi connectivity index (χ4n) is 2.81. The van der Waals surface area contributed by atoms with Crippen molar-refractivity contribution in [1.82, 2.24) is 5.32 Å². The fourth-order valence-corrected chi connectivity index (χ4v) is 2.81. The van der Waals surface area contributed by atoms with Crippen LogP contribution in [-0.2, 0) is 0 Å². The Hall–Kier alpha value is -1.31.